The van der Waals surface area contributed by atoms with Crippen molar-refractivity contribution in [1.29, 1.82) is 0 Å². The fourth-order valence-corrected chi connectivity index (χ4v) is 6.42. The van der Waals surface area contributed by atoms with Crippen LogP contribution in [0, 0.1) is 6.92 Å². The monoisotopic (exact) mass is 600 g/mol. The van der Waals surface area contributed by atoms with Gasteiger partial charge in [-0.3, -0.25) is 9.59 Å². The van der Waals surface area contributed by atoms with E-state index < -0.39 is 28.9 Å². The number of amides is 2. The number of hydrogen-bond donors (Lipinski definition) is 2. The van der Waals surface area contributed by atoms with Gasteiger partial charge in [-0.1, -0.05) is 46.9 Å². The Labute approximate surface area is 247 Å². The van der Waals surface area contributed by atoms with Crippen LogP contribution in [0.25, 0.3) is 0 Å². The van der Waals surface area contributed by atoms with Gasteiger partial charge < -0.3 is 20.1 Å². The van der Waals surface area contributed by atoms with Crippen LogP contribution in [0.1, 0.15) is 54.5 Å². The highest BCUT2D eigenvalue weighted by Gasteiger charge is 2.62. The third-order valence-electron chi connectivity index (χ3n) is 7.69. The molecule has 1 saturated heterocycles. The molecule has 10 heteroatoms. The maximum absolute atomic E-state index is 14.3. The number of carbonyl (C=O) groups excluding carboxylic acids is 3. The molecule has 2 N–H and O–H groups in total. The second kappa shape index (κ2) is 10.3. The van der Waals surface area contributed by atoms with Crippen LogP contribution in [-0.2, 0) is 24.5 Å². The summed E-state index contributed by atoms with van der Waals surface area (Å²) in [5.74, 6) is -1.63. The van der Waals surface area contributed by atoms with Gasteiger partial charge in [0.2, 0.25) is 11.8 Å². The molecule has 1 fully saturated rings. The zero-order valence-corrected chi connectivity index (χ0v) is 24.5. The SMILES string of the molecule is COC(=O)C(C)(C)Oc1ccc(Cl)cc1[C@H]1CC(=O)N[C@@H](c2cc(Cl)ccc2C)[C@]12C(=O)Nc1cc(Cl)ccc12. The minimum atomic E-state index is -1.37. The van der Waals surface area contributed by atoms with Gasteiger partial charge in [0, 0.05) is 38.7 Å². The molecule has 3 aromatic rings. The molecule has 0 radical (unpaired) electrons. The number of piperidine rings is 1. The first-order chi connectivity index (χ1) is 18.9. The lowest BCUT2D eigenvalue weighted by Crippen LogP contribution is -2.57. The summed E-state index contributed by atoms with van der Waals surface area (Å²) >= 11 is 19.2. The molecule has 0 unspecified atom stereocenters. The maximum atomic E-state index is 14.3. The summed E-state index contributed by atoms with van der Waals surface area (Å²) in [6.45, 7) is 5.06. The molecule has 7 nitrogen and oxygen atoms in total. The largest absolute Gasteiger partial charge is 0.476 e. The van der Waals surface area contributed by atoms with Crippen LogP contribution in [-0.4, -0.2) is 30.5 Å². The van der Waals surface area contributed by atoms with Gasteiger partial charge >= 0.3 is 5.97 Å². The predicted octanol–water partition coefficient (Wildman–Crippen LogP) is 6.52. The van der Waals surface area contributed by atoms with Gasteiger partial charge in [-0.2, -0.15) is 0 Å². The number of carbonyl (C=O) groups is 3. The van der Waals surface area contributed by atoms with E-state index in [1.165, 1.54) is 7.11 Å². The van der Waals surface area contributed by atoms with Crippen molar-refractivity contribution in [3.05, 3.63) is 91.9 Å². The molecule has 3 atom stereocenters. The highest BCUT2D eigenvalue weighted by molar-refractivity contribution is 6.31. The number of methoxy groups -OCH3 is 1. The van der Waals surface area contributed by atoms with Gasteiger partial charge in [0.1, 0.15) is 11.2 Å². The van der Waals surface area contributed by atoms with Crippen LogP contribution >= 0.6 is 34.8 Å². The summed E-state index contributed by atoms with van der Waals surface area (Å²) in [6, 6.07) is 14.7. The van der Waals surface area contributed by atoms with Crippen LogP contribution in [0.2, 0.25) is 15.1 Å². The molecular formula is C30H27Cl3N2O5. The van der Waals surface area contributed by atoms with Crippen molar-refractivity contribution < 1.29 is 23.9 Å². The van der Waals surface area contributed by atoms with Crippen LogP contribution in [0.15, 0.2) is 54.6 Å². The standard InChI is InChI=1S/C30H27Cl3N2O5/c1-15-5-6-16(31)11-19(15)26-30(21-9-7-18(33)13-23(21)34-27(30)37)22(14-25(36)35-26)20-12-17(32)8-10-24(20)40-29(2,3)28(38)39-4/h5-13,22,26H,14H2,1-4H3,(H,34,37)(H,35,36)/t22-,26+,30-/m1/s1. The molecular weight excluding hydrogens is 575 g/mol. The third kappa shape index (κ3) is 4.60. The number of benzene rings is 3. The Balaban J connectivity index is 1.81. The molecule has 0 aromatic heterocycles. The Hall–Kier alpha value is -3.26. The minimum Gasteiger partial charge on any atom is -0.476 e. The van der Waals surface area contributed by atoms with E-state index >= 15 is 0 Å². The second-order valence-corrected chi connectivity index (χ2v) is 11.9. The summed E-state index contributed by atoms with van der Waals surface area (Å²) in [4.78, 5) is 40.3. The smallest absolute Gasteiger partial charge is 0.349 e. The van der Waals surface area contributed by atoms with Crippen molar-refractivity contribution >= 4 is 58.3 Å². The Morgan fingerprint density at radius 3 is 2.27 bits per heavy atom. The molecule has 2 aliphatic rings. The van der Waals surface area contributed by atoms with E-state index in [1.54, 1.807) is 62.4 Å². The number of halogens is 3. The van der Waals surface area contributed by atoms with Crippen molar-refractivity contribution in [2.24, 2.45) is 0 Å². The highest BCUT2D eigenvalue weighted by atomic mass is 35.5. The Morgan fingerprint density at radius 1 is 0.950 bits per heavy atom. The molecule has 1 spiro atoms. The van der Waals surface area contributed by atoms with Gasteiger partial charge in [0.25, 0.3) is 0 Å². The lowest BCUT2D eigenvalue weighted by molar-refractivity contribution is -0.156. The molecule has 0 saturated carbocycles. The molecule has 40 heavy (non-hydrogen) atoms. The number of nitrogens with one attached hydrogen (secondary N) is 2. The maximum Gasteiger partial charge on any atom is 0.349 e. The Bertz CT molecular complexity index is 1560. The fraction of sp³-hybridized carbons (Fsp3) is 0.300. The summed E-state index contributed by atoms with van der Waals surface area (Å²) in [5, 5.41) is 7.39. The number of aryl methyl sites for hydroxylation is 1. The quantitative estimate of drug-likeness (QED) is 0.325. The number of esters is 1. The van der Waals surface area contributed by atoms with E-state index in [9.17, 15) is 14.4 Å². The third-order valence-corrected chi connectivity index (χ3v) is 8.40. The fourth-order valence-electron chi connectivity index (χ4n) is 5.89. The average molecular weight is 602 g/mol. The lowest BCUT2D eigenvalue weighted by atomic mass is 9.59. The topological polar surface area (TPSA) is 93.7 Å². The molecule has 2 aliphatic heterocycles. The van der Waals surface area contributed by atoms with Crippen molar-refractivity contribution in [3.8, 4) is 5.75 Å². The van der Waals surface area contributed by atoms with Crippen LogP contribution < -0.4 is 15.4 Å². The Morgan fingerprint density at radius 2 is 1.57 bits per heavy atom. The molecule has 0 aliphatic carbocycles. The zero-order valence-electron chi connectivity index (χ0n) is 22.2. The van der Waals surface area contributed by atoms with Gasteiger partial charge in [0.15, 0.2) is 5.60 Å². The molecule has 208 valence electrons. The molecule has 0 bridgehead atoms. The van der Waals surface area contributed by atoms with Gasteiger partial charge in [-0.15, -0.1) is 0 Å². The van der Waals surface area contributed by atoms with E-state index in [4.69, 9.17) is 44.3 Å². The first kappa shape index (κ1) is 28.3. The number of anilines is 1. The average Bonchev–Trinajstić information content (AvgIpc) is 3.18. The van der Waals surface area contributed by atoms with Crippen LogP contribution in [0.4, 0.5) is 5.69 Å². The second-order valence-electron chi connectivity index (χ2n) is 10.6. The van der Waals surface area contributed by atoms with E-state index in [2.05, 4.69) is 10.6 Å². The van der Waals surface area contributed by atoms with Gasteiger partial charge in [-0.05, 0) is 79.9 Å². The van der Waals surface area contributed by atoms with Crippen molar-refractivity contribution in [1.82, 2.24) is 5.32 Å². The van der Waals surface area contributed by atoms with Gasteiger partial charge in [-0.25, -0.2) is 4.79 Å². The van der Waals surface area contributed by atoms with Crippen LogP contribution in [0.3, 0.4) is 0 Å². The summed E-state index contributed by atoms with van der Waals surface area (Å²) < 4.78 is 11.2. The number of fused-ring (bicyclic) bond motifs is 2. The normalized spacial score (nSPS) is 22.0. The van der Waals surface area contributed by atoms with E-state index in [-0.39, 0.29) is 18.2 Å². The molecule has 2 amide bonds. The predicted molar refractivity (Wildman–Crippen MR) is 154 cm³/mol. The zero-order chi connectivity index (χ0) is 29.0. The number of rotatable bonds is 5. The number of ether oxygens (including phenoxy) is 2. The van der Waals surface area contributed by atoms with Gasteiger partial charge in [0.05, 0.1) is 13.2 Å². The first-order valence-corrected chi connectivity index (χ1v) is 13.8. The van der Waals surface area contributed by atoms with E-state index in [0.717, 1.165) is 5.56 Å². The summed E-state index contributed by atoms with van der Waals surface area (Å²) in [6.07, 6.45) is -0.0546. The van der Waals surface area contributed by atoms with Crippen molar-refractivity contribution in [3.63, 3.8) is 0 Å². The Kier molecular flexibility index (Phi) is 7.27. The first-order valence-electron chi connectivity index (χ1n) is 12.6. The summed E-state index contributed by atoms with van der Waals surface area (Å²) in [5.41, 5.74) is 0.538. The van der Waals surface area contributed by atoms with E-state index in [1.807, 2.05) is 13.0 Å². The summed E-state index contributed by atoms with van der Waals surface area (Å²) in [7, 11) is 1.28. The molecule has 3 aromatic carbocycles. The molecule has 2 heterocycles. The number of hydrogen-bond acceptors (Lipinski definition) is 5. The van der Waals surface area contributed by atoms with Crippen molar-refractivity contribution in [2.75, 3.05) is 12.4 Å². The highest BCUT2D eigenvalue weighted by Crippen LogP contribution is 2.59. The molecule has 5 rings (SSSR count). The van der Waals surface area contributed by atoms with Crippen LogP contribution in [0.5, 0.6) is 5.75 Å². The van der Waals surface area contributed by atoms with E-state index in [0.29, 0.717) is 43.2 Å². The lowest BCUT2D eigenvalue weighted by Gasteiger charge is -2.47. The minimum absolute atomic E-state index is 0.0546. The van der Waals surface area contributed by atoms with Crippen molar-refractivity contribution in [2.45, 2.75) is 50.2 Å².